The van der Waals surface area contributed by atoms with Gasteiger partial charge in [0.2, 0.25) is 0 Å². The molecule has 0 aliphatic carbocycles. The number of allylic oxidation sites excluding steroid dienone is 1. The Morgan fingerprint density at radius 1 is 1.43 bits per heavy atom. The van der Waals surface area contributed by atoms with Crippen LogP contribution in [0, 0.1) is 5.92 Å². The lowest BCUT2D eigenvalue weighted by Gasteiger charge is -2.36. The first-order valence-corrected chi connectivity index (χ1v) is 11.1. The monoisotopic (exact) mass is 404 g/mol. The van der Waals surface area contributed by atoms with E-state index in [1.165, 1.54) is 4.31 Å². The van der Waals surface area contributed by atoms with Gasteiger partial charge in [-0.1, -0.05) is 6.92 Å². The van der Waals surface area contributed by atoms with Crippen LogP contribution in [-0.4, -0.2) is 65.8 Å². The van der Waals surface area contributed by atoms with Crippen molar-refractivity contribution in [2.24, 2.45) is 5.92 Å². The molecule has 1 fully saturated rings. The van der Waals surface area contributed by atoms with Crippen LogP contribution in [0.15, 0.2) is 24.4 Å². The summed E-state index contributed by atoms with van der Waals surface area (Å²) in [5.41, 5.74) is 2.73. The highest BCUT2D eigenvalue weighted by Gasteiger charge is 2.35. The predicted molar refractivity (Wildman–Crippen MR) is 109 cm³/mol. The fourth-order valence-electron chi connectivity index (χ4n) is 4.14. The molecular formula is C18H25BN4O4S. The van der Waals surface area contributed by atoms with Crippen molar-refractivity contribution in [3.8, 4) is 5.75 Å². The summed E-state index contributed by atoms with van der Waals surface area (Å²) in [5.74, 6) is 2.46. The van der Waals surface area contributed by atoms with Crippen LogP contribution < -0.4 is 4.65 Å². The topological polar surface area (TPSA) is 98.8 Å². The summed E-state index contributed by atoms with van der Waals surface area (Å²) >= 11 is 0. The van der Waals surface area contributed by atoms with Gasteiger partial charge in [-0.3, -0.25) is 0 Å². The Morgan fingerprint density at radius 2 is 2.18 bits per heavy atom. The molecule has 1 saturated heterocycles. The summed E-state index contributed by atoms with van der Waals surface area (Å²) in [5, 5.41) is 11.1. The van der Waals surface area contributed by atoms with E-state index in [9.17, 15) is 13.4 Å². The lowest BCUT2D eigenvalue weighted by atomic mass is 9.74. The van der Waals surface area contributed by atoms with Gasteiger partial charge in [-0.25, -0.2) is 4.98 Å². The molecule has 0 saturated carbocycles. The SMILES string of the molecule is CCCN(C)S(=O)(=O)N1CCC(C2=CB(O)Oc3cnc4[nH]ccc4c32)CC1. The maximum atomic E-state index is 12.7. The Morgan fingerprint density at radius 3 is 2.89 bits per heavy atom. The highest BCUT2D eigenvalue weighted by atomic mass is 32.2. The highest BCUT2D eigenvalue weighted by molar-refractivity contribution is 7.86. The molecular weight excluding hydrogens is 379 g/mol. The number of pyridine rings is 1. The van der Waals surface area contributed by atoms with Gasteiger partial charge in [0.15, 0.2) is 0 Å². The van der Waals surface area contributed by atoms with Gasteiger partial charge in [-0.2, -0.15) is 17.0 Å². The second-order valence-corrected chi connectivity index (χ2v) is 9.41. The number of aromatic nitrogens is 2. The molecule has 0 bridgehead atoms. The van der Waals surface area contributed by atoms with E-state index in [0.29, 0.717) is 38.2 Å². The number of rotatable bonds is 5. The second kappa shape index (κ2) is 7.51. The number of hydrogen-bond donors (Lipinski definition) is 2. The molecule has 2 aromatic rings. The molecule has 2 aliphatic heterocycles. The maximum absolute atomic E-state index is 12.7. The molecule has 0 unspecified atom stereocenters. The summed E-state index contributed by atoms with van der Waals surface area (Å²) in [6.45, 7) is 3.41. The van der Waals surface area contributed by atoms with Crippen LogP contribution in [0.1, 0.15) is 31.7 Å². The molecule has 10 heteroatoms. The first-order chi connectivity index (χ1) is 13.4. The van der Waals surface area contributed by atoms with E-state index >= 15 is 0 Å². The zero-order valence-corrected chi connectivity index (χ0v) is 16.9. The molecule has 8 nitrogen and oxygen atoms in total. The van der Waals surface area contributed by atoms with Crippen LogP contribution in [0.5, 0.6) is 5.75 Å². The lowest BCUT2D eigenvalue weighted by molar-refractivity contribution is 0.288. The van der Waals surface area contributed by atoms with Crippen LogP contribution in [0.4, 0.5) is 0 Å². The molecule has 4 rings (SSSR count). The first-order valence-electron chi connectivity index (χ1n) is 9.66. The smallest absolute Gasteiger partial charge is 0.531 e. The van der Waals surface area contributed by atoms with E-state index in [1.807, 2.05) is 19.2 Å². The zero-order valence-electron chi connectivity index (χ0n) is 16.1. The minimum Gasteiger partial charge on any atom is -0.531 e. The lowest BCUT2D eigenvalue weighted by Crippen LogP contribution is -2.46. The van der Waals surface area contributed by atoms with Crippen LogP contribution in [0.3, 0.4) is 0 Å². The summed E-state index contributed by atoms with van der Waals surface area (Å²) in [6.07, 6.45) is 5.65. The van der Waals surface area contributed by atoms with Crippen molar-refractivity contribution >= 4 is 33.9 Å². The van der Waals surface area contributed by atoms with Crippen LogP contribution >= 0.6 is 0 Å². The molecule has 4 heterocycles. The molecule has 2 N–H and O–H groups in total. The van der Waals surface area contributed by atoms with Gasteiger partial charge in [0, 0.05) is 43.8 Å². The average Bonchev–Trinajstić information content (AvgIpc) is 3.16. The molecule has 0 radical (unpaired) electrons. The van der Waals surface area contributed by atoms with Gasteiger partial charge >= 0.3 is 7.12 Å². The van der Waals surface area contributed by atoms with Gasteiger partial charge in [-0.05, 0) is 42.8 Å². The van der Waals surface area contributed by atoms with Gasteiger partial charge in [-0.15, -0.1) is 0 Å². The Balaban J connectivity index is 1.58. The third-order valence-corrected chi connectivity index (χ3v) is 7.55. The quantitative estimate of drug-likeness (QED) is 0.739. The number of nitrogens with one attached hydrogen (secondary N) is 1. The largest absolute Gasteiger partial charge is 0.552 e. The summed E-state index contributed by atoms with van der Waals surface area (Å²) in [4.78, 5) is 7.44. The number of hydrogen-bond acceptors (Lipinski definition) is 5. The van der Waals surface area contributed by atoms with Gasteiger partial charge in [0.25, 0.3) is 10.2 Å². The fourth-order valence-corrected chi connectivity index (χ4v) is 5.62. The summed E-state index contributed by atoms with van der Waals surface area (Å²) in [7, 11) is -2.80. The van der Waals surface area contributed by atoms with E-state index in [2.05, 4.69) is 9.97 Å². The van der Waals surface area contributed by atoms with Crippen molar-refractivity contribution in [2.45, 2.75) is 26.2 Å². The molecule has 0 atom stereocenters. The average molecular weight is 404 g/mol. The standard InChI is InChI=1S/C18H25BN4O4S/c1-3-8-22(2)28(25,26)23-9-5-13(6-10-23)15-11-19(24)27-16-12-21-18-14(17(15)16)4-7-20-18/h4,7,11-13,24H,3,5-6,8-10H2,1-2H3,(H,20,21). The minimum atomic E-state index is -3.42. The molecule has 2 aliphatic rings. The van der Waals surface area contributed by atoms with Gasteiger partial charge < -0.3 is 14.7 Å². The Bertz CT molecular complexity index is 998. The van der Waals surface area contributed by atoms with Crippen LogP contribution in [-0.2, 0) is 10.2 Å². The van der Waals surface area contributed by atoms with Crippen molar-refractivity contribution in [2.75, 3.05) is 26.7 Å². The summed E-state index contributed by atoms with van der Waals surface area (Å²) in [6, 6.07) is 1.95. The molecule has 0 amide bonds. The molecule has 150 valence electrons. The maximum Gasteiger partial charge on any atom is 0.552 e. The van der Waals surface area contributed by atoms with Crippen molar-refractivity contribution in [1.29, 1.82) is 0 Å². The number of nitrogens with zero attached hydrogens (tertiary/aromatic N) is 3. The van der Waals surface area contributed by atoms with E-state index in [0.717, 1.165) is 28.6 Å². The van der Waals surface area contributed by atoms with Crippen LogP contribution in [0.25, 0.3) is 16.6 Å². The van der Waals surface area contributed by atoms with E-state index in [1.54, 1.807) is 23.5 Å². The number of H-pyrrole nitrogens is 1. The molecule has 28 heavy (non-hydrogen) atoms. The molecule has 0 spiro atoms. The first kappa shape index (κ1) is 19.4. The van der Waals surface area contributed by atoms with Gasteiger partial charge in [0.1, 0.15) is 11.4 Å². The Kier molecular flexibility index (Phi) is 5.21. The summed E-state index contributed by atoms with van der Waals surface area (Å²) < 4.78 is 34.0. The Hall–Kier alpha value is -1.88. The minimum absolute atomic E-state index is 0.153. The molecule has 2 aromatic heterocycles. The third-order valence-electron chi connectivity index (χ3n) is 5.56. The van der Waals surface area contributed by atoms with E-state index < -0.39 is 17.3 Å². The third kappa shape index (κ3) is 3.34. The molecule has 0 aromatic carbocycles. The van der Waals surface area contributed by atoms with E-state index in [4.69, 9.17) is 4.65 Å². The normalized spacial score (nSPS) is 19.0. The fraction of sp³-hybridized carbons (Fsp3) is 0.500. The predicted octanol–water partition coefficient (Wildman–Crippen LogP) is 1.66. The Labute approximate surface area is 165 Å². The van der Waals surface area contributed by atoms with Crippen molar-refractivity contribution in [3.05, 3.63) is 30.0 Å². The van der Waals surface area contributed by atoms with Crippen molar-refractivity contribution in [1.82, 2.24) is 18.6 Å². The zero-order chi connectivity index (χ0) is 19.9. The number of piperidine rings is 1. The van der Waals surface area contributed by atoms with Crippen molar-refractivity contribution in [3.63, 3.8) is 0 Å². The number of aromatic amines is 1. The highest BCUT2D eigenvalue weighted by Crippen LogP contribution is 2.42. The van der Waals surface area contributed by atoms with Gasteiger partial charge in [0.05, 0.1) is 6.20 Å². The second-order valence-electron chi connectivity index (χ2n) is 7.37. The van der Waals surface area contributed by atoms with E-state index in [-0.39, 0.29) is 5.92 Å². The van der Waals surface area contributed by atoms with Crippen LogP contribution in [0.2, 0.25) is 0 Å². The van der Waals surface area contributed by atoms with Crippen molar-refractivity contribution < 1.29 is 18.1 Å². The number of fused-ring (bicyclic) bond motifs is 3.